The van der Waals surface area contributed by atoms with E-state index >= 15 is 0 Å². The molecule has 3 aliphatic rings. The number of cyclic esters (lactones) is 1. The maximum Gasteiger partial charge on any atom is 0.336 e. The Bertz CT molecular complexity index is 777. The predicted octanol–water partition coefficient (Wildman–Crippen LogP) is 5.20. The number of allylic oxidation sites excluding steroid dienone is 2. The summed E-state index contributed by atoms with van der Waals surface area (Å²) in [5.41, 5.74) is 0.994. The largest absolute Gasteiger partial charge is 0.459 e. The molecule has 6 heteroatoms. The molecule has 2 aliphatic carbocycles. The molecule has 5 nitrogen and oxygen atoms in total. The van der Waals surface area contributed by atoms with Crippen molar-refractivity contribution in [2.75, 3.05) is 13.2 Å². The summed E-state index contributed by atoms with van der Waals surface area (Å²) < 4.78 is 11.7. The van der Waals surface area contributed by atoms with Gasteiger partial charge in [0.1, 0.15) is 18.5 Å². The van der Waals surface area contributed by atoms with Crippen molar-refractivity contribution in [1.29, 1.82) is 0 Å². The van der Waals surface area contributed by atoms with Crippen molar-refractivity contribution in [1.82, 2.24) is 0 Å². The van der Waals surface area contributed by atoms with E-state index in [0.29, 0.717) is 30.8 Å². The summed E-state index contributed by atoms with van der Waals surface area (Å²) in [6.07, 6.45) is 4.91. The smallest absolute Gasteiger partial charge is 0.336 e. The summed E-state index contributed by atoms with van der Waals surface area (Å²) in [6.45, 7) is 16.1. The van der Waals surface area contributed by atoms with Gasteiger partial charge in [-0.1, -0.05) is 52.8 Å². The molecule has 32 heavy (non-hydrogen) atoms. The standard InChI is InChI=1S/C26H42O5Si/c1-7-32(8-2,9-3)31-17-26(6)22-13-10-18(4)20(25(22,5)15-14-23(26)28)12-11-19-21(27)16-30-24(19)29/h11,20-22,27H,4,7-10,12-17H2,1-3,5-6H3/b19-11+/t20-,21-,22+,25+,26+/m1/s1. The first-order chi connectivity index (χ1) is 15.1. The zero-order chi connectivity index (χ0) is 23.7. The van der Waals surface area contributed by atoms with Crippen molar-refractivity contribution in [3.63, 3.8) is 0 Å². The Morgan fingerprint density at radius 2 is 1.84 bits per heavy atom. The van der Waals surface area contributed by atoms with Crippen LogP contribution in [0.25, 0.3) is 0 Å². The fourth-order valence-corrected chi connectivity index (χ4v) is 9.42. The molecule has 0 unspecified atom stereocenters. The van der Waals surface area contributed by atoms with Crippen LogP contribution in [0.2, 0.25) is 18.1 Å². The van der Waals surface area contributed by atoms with E-state index in [4.69, 9.17) is 9.16 Å². The molecule has 0 aromatic heterocycles. The number of rotatable bonds is 8. The fraction of sp³-hybridized carbons (Fsp3) is 0.769. The first-order valence-corrected chi connectivity index (χ1v) is 15.0. The van der Waals surface area contributed by atoms with E-state index in [1.807, 2.05) is 6.08 Å². The van der Waals surface area contributed by atoms with Gasteiger partial charge >= 0.3 is 5.97 Å². The van der Waals surface area contributed by atoms with Crippen LogP contribution in [-0.2, 0) is 18.8 Å². The first kappa shape index (κ1) is 25.4. The van der Waals surface area contributed by atoms with E-state index < -0.39 is 25.8 Å². The van der Waals surface area contributed by atoms with Gasteiger partial charge in [0.25, 0.3) is 0 Å². The molecule has 0 bridgehead atoms. The average Bonchev–Trinajstić information content (AvgIpc) is 3.09. The molecule has 0 spiro atoms. The van der Waals surface area contributed by atoms with Crippen molar-refractivity contribution in [2.45, 2.75) is 91.0 Å². The zero-order valence-corrected chi connectivity index (χ0v) is 21.7. The molecule has 180 valence electrons. The molecule has 2 saturated carbocycles. The summed E-state index contributed by atoms with van der Waals surface area (Å²) >= 11 is 0. The molecule has 0 amide bonds. The van der Waals surface area contributed by atoms with Gasteiger partial charge in [0.05, 0.1) is 11.0 Å². The third-order valence-electron chi connectivity index (χ3n) is 9.29. The highest BCUT2D eigenvalue weighted by Gasteiger charge is 2.58. The Labute approximate surface area is 194 Å². The van der Waals surface area contributed by atoms with E-state index in [1.54, 1.807) is 0 Å². The predicted molar refractivity (Wildman–Crippen MR) is 129 cm³/mol. The molecule has 3 fully saturated rings. The molecule has 3 rings (SSSR count). The number of ketones is 1. The summed E-state index contributed by atoms with van der Waals surface area (Å²) in [4.78, 5) is 25.3. The van der Waals surface area contributed by atoms with Crippen LogP contribution in [0.3, 0.4) is 0 Å². The summed E-state index contributed by atoms with van der Waals surface area (Å²) in [5.74, 6) is 0.318. The van der Waals surface area contributed by atoms with Crippen molar-refractivity contribution < 1.29 is 23.9 Å². The van der Waals surface area contributed by atoms with Gasteiger partial charge < -0.3 is 14.3 Å². The second-order valence-corrected chi connectivity index (χ2v) is 15.5. The highest BCUT2D eigenvalue weighted by molar-refractivity contribution is 6.73. The second kappa shape index (κ2) is 9.55. The fourth-order valence-electron chi connectivity index (χ4n) is 6.70. The lowest BCUT2D eigenvalue weighted by Gasteiger charge is -2.58. The maximum atomic E-state index is 13.3. The van der Waals surface area contributed by atoms with E-state index in [0.717, 1.165) is 37.4 Å². The lowest BCUT2D eigenvalue weighted by molar-refractivity contribution is -0.150. The molecular formula is C26H42O5Si. The van der Waals surface area contributed by atoms with Gasteiger partial charge in [0, 0.05) is 13.0 Å². The molecule has 1 N–H and O–H groups in total. The number of hydrogen-bond acceptors (Lipinski definition) is 5. The Kier molecular flexibility index (Phi) is 7.58. The number of carbonyl (C=O) groups is 2. The Balaban J connectivity index is 1.87. The highest BCUT2D eigenvalue weighted by atomic mass is 28.4. The molecule has 1 saturated heterocycles. The van der Waals surface area contributed by atoms with Crippen LogP contribution >= 0.6 is 0 Å². The van der Waals surface area contributed by atoms with Gasteiger partial charge in [-0.25, -0.2) is 4.79 Å². The second-order valence-electron chi connectivity index (χ2n) is 10.7. The van der Waals surface area contributed by atoms with Gasteiger partial charge in [-0.05, 0) is 61.1 Å². The van der Waals surface area contributed by atoms with Crippen molar-refractivity contribution in [3.05, 3.63) is 23.8 Å². The van der Waals surface area contributed by atoms with Crippen LogP contribution in [-0.4, -0.2) is 44.5 Å². The third-order valence-corrected chi connectivity index (χ3v) is 13.9. The molecule has 1 heterocycles. The number of aliphatic hydroxyl groups excluding tert-OH is 1. The van der Waals surface area contributed by atoms with Gasteiger partial charge in [0.15, 0.2) is 8.32 Å². The monoisotopic (exact) mass is 462 g/mol. The number of carbonyl (C=O) groups excluding carboxylic acids is 2. The molecule has 0 radical (unpaired) electrons. The Morgan fingerprint density at radius 1 is 1.19 bits per heavy atom. The van der Waals surface area contributed by atoms with Crippen LogP contribution in [0.5, 0.6) is 0 Å². The van der Waals surface area contributed by atoms with Crippen molar-refractivity contribution >= 4 is 20.1 Å². The van der Waals surface area contributed by atoms with Crippen LogP contribution in [0, 0.1) is 22.7 Å². The first-order valence-electron chi connectivity index (χ1n) is 12.5. The van der Waals surface area contributed by atoms with E-state index in [-0.39, 0.29) is 23.9 Å². The van der Waals surface area contributed by atoms with Gasteiger partial charge in [-0.2, -0.15) is 0 Å². The molecule has 0 aromatic rings. The van der Waals surface area contributed by atoms with Crippen LogP contribution < -0.4 is 0 Å². The normalized spacial score (nSPS) is 37.0. The number of fused-ring (bicyclic) bond motifs is 1. The van der Waals surface area contributed by atoms with Gasteiger partial charge in [-0.3, -0.25) is 4.79 Å². The Morgan fingerprint density at radius 3 is 2.41 bits per heavy atom. The van der Waals surface area contributed by atoms with Crippen molar-refractivity contribution in [2.24, 2.45) is 22.7 Å². The van der Waals surface area contributed by atoms with E-state index in [2.05, 4.69) is 41.2 Å². The van der Waals surface area contributed by atoms with Gasteiger partial charge in [-0.15, -0.1) is 0 Å². The molecule has 0 aromatic carbocycles. The third kappa shape index (κ3) is 4.30. The Hall–Kier alpha value is -1.24. The summed E-state index contributed by atoms with van der Waals surface area (Å²) in [5, 5.41) is 10.1. The zero-order valence-electron chi connectivity index (χ0n) is 20.7. The molecule has 1 aliphatic heterocycles. The quantitative estimate of drug-likeness (QED) is 0.232. The minimum Gasteiger partial charge on any atom is -0.459 e. The van der Waals surface area contributed by atoms with Crippen molar-refractivity contribution in [3.8, 4) is 0 Å². The SMILES string of the molecule is C=C1CC[C@H]2[C@@](C)(CCC(=O)[C@@]2(C)CO[Si](CC)(CC)CC)[C@@H]1C/C=C1/C(=O)OC[C@H]1O. The average molecular weight is 463 g/mol. The highest BCUT2D eigenvalue weighted by Crippen LogP contribution is 2.61. The van der Waals surface area contributed by atoms with Crippen LogP contribution in [0.15, 0.2) is 23.8 Å². The minimum atomic E-state index is -1.80. The number of Topliss-reactive ketones (excluding diaryl/α,β-unsaturated/α-hetero) is 1. The summed E-state index contributed by atoms with van der Waals surface area (Å²) in [6, 6.07) is 3.24. The van der Waals surface area contributed by atoms with Crippen LogP contribution in [0.1, 0.15) is 66.7 Å². The molecule has 5 atom stereocenters. The number of ether oxygens (including phenoxy) is 1. The van der Waals surface area contributed by atoms with E-state index in [9.17, 15) is 14.7 Å². The van der Waals surface area contributed by atoms with Gasteiger partial charge in [0.2, 0.25) is 0 Å². The maximum absolute atomic E-state index is 13.3. The summed E-state index contributed by atoms with van der Waals surface area (Å²) in [7, 11) is -1.80. The lowest BCUT2D eigenvalue weighted by Crippen LogP contribution is -2.57. The number of hydrogen-bond donors (Lipinski definition) is 1. The number of aliphatic hydroxyl groups is 1. The van der Waals surface area contributed by atoms with Crippen LogP contribution in [0.4, 0.5) is 0 Å². The van der Waals surface area contributed by atoms with E-state index in [1.165, 1.54) is 5.57 Å². The lowest BCUT2D eigenvalue weighted by atomic mass is 9.46. The minimum absolute atomic E-state index is 0.0397. The number of esters is 1. The molecular weight excluding hydrogens is 420 g/mol. The topological polar surface area (TPSA) is 72.8 Å².